The minimum Gasteiger partial charge on any atom is -0.381 e. The Morgan fingerprint density at radius 1 is 1.15 bits per heavy atom. The molecule has 0 radical (unpaired) electrons. The highest BCUT2D eigenvalue weighted by molar-refractivity contribution is 5.78. The summed E-state index contributed by atoms with van der Waals surface area (Å²) < 4.78 is 52.0. The van der Waals surface area contributed by atoms with E-state index in [1.165, 1.54) is 6.07 Å². The summed E-state index contributed by atoms with van der Waals surface area (Å²) in [5.41, 5.74) is 3.00. The maximum Gasteiger partial charge on any atom is 0.416 e. The number of carbonyl (C=O) groups excluding carboxylic acids is 1. The summed E-state index contributed by atoms with van der Waals surface area (Å²) in [4.78, 5) is 25.2. The number of aromatic amines is 1. The summed E-state index contributed by atoms with van der Waals surface area (Å²) in [5, 5.41) is 3.23. The molecule has 3 unspecified atom stereocenters. The van der Waals surface area contributed by atoms with Crippen molar-refractivity contribution in [3.05, 3.63) is 52.6 Å². The molecule has 1 amide bonds. The number of hydrogen-bond acceptors (Lipinski definition) is 6. The molecule has 2 aromatic rings. The van der Waals surface area contributed by atoms with Crippen molar-refractivity contribution in [2.24, 2.45) is 0 Å². The number of carbonyl (C=O) groups is 1. The van der Waals surface area contributed by atoms with Gasteiger partial charge in [0.15, 0.2) is 0 Å². The lowest BCUT2D eigenvalue weighted by molar-refractivity contribution is -0.137. The fraction of sp³-hybridized carbons (Fsp3) is 0.643. The van der Waals surface area contributed by atoms with Gasteiger partial charge in [0.2, 0.25) is 5.91 Å². The van der Waals surface area contributed by atoms with Crippen LogP contribution in [-0.4, -0.2) is 83.3 Å². The van der Waals surface area contributed by atoms with Crippen molar-refractivity contribution in [2.75, 3.05) is 39.4 Å². The van der Waals surface area contributed by atoms with Crippen LogP contribution in [0.4, 0.5) is 13.2 Å². The molecule has 212 valence electrons. The monoisotopic (exact) mass is 547 g/mol. The number of rotatable bonds is 6. The van der Waals surface area contributed by atoms with Gasteiger partial charge in [0.1, 0.15) is 6.10 Å². The fourth-order valence-corrected chi connectivity index (χ4v) is 6.58. The number of fused-ring (bicyclic) bond motifs is 2. The molecule has 1 aromatic heterocycles. The number of hydrogen-bond donors (Lipinski definition) is 2. The molecular weight excluding hydrogens is 511 g/mol. The Morgan fingerprint density at radius 2 is 2.05 bits per heavy atom. The molecule has 6 rings (SSSR count). The SMILES string of the molecule is O=C(CN1CCc2ccc(C(F)(F)F)cc2C1)NC1CN(C2CCCOCC2)C[C@@H]1OC1CCc2nc[nH]c21. The van der Waals surface area contributed by atoms with Crippen molar-refractivity contribution < 1.29 is 27.4 Å². The van der Waals surface area contributed by atoms with E-state index in [-0.39, 0.29) is 30.7 Å². The maximum absolute atomic E-state index is 13.2. The van der Waals surface area contributed by atoms with E-state index in [0.29, 0.717) is 37.7 Å². The average molecular weight is 548 g/mol. The van der Waals surface area contributed by atoms with Crippen LogP contribution in [0.1, 0.15) is 59.9 Å². The number of likely N-dealkylation sites (tertiary alicyclic amines) is 1. The summed E-state index contributed by atoms with van der Waals surface area (Å²) in [7, 11) is 0. The smallest absolute Gasteiger partial charge is 0.381 e. The van der Waals surface area contributed by atoms with Gasteiger partial charge < -0.3 is 19.8 Å². The van der Waals surface area contributed by atoms with Gasteiger partial charge in [0.25, 0.3) is 0 Å². The van der Waals surface area contributed by atoms with Crippen LogP contribution in [0, 0.1) is 0 Å². The summed E-state index contributed by atoms with van der Waals surface area (Å²) in [5.74, 6) is -0.122. The third-order valence-corrected chi connectivity index (χ3v) is 8.63. The van der Waals surface area contributed by atoms with E-state index in [9.17, 15) is 18.0 Å². The predicted molar refractivity (Wildman–Crippen MR) is 137 cm³/mol. The van der Waals surface area contributed by atoms with Crippen LogP contribution in [0.25, 0.3) is 0 Å². The van der Waals surface area contributed by atoms with Crippen molar-refractivity contribution in [2.45, 2.75) is 75.5 Å². The molecule has 0 bridgehead atoms. The largest absolute Gasteiger partial charge is 0.416 e. The number of aryl methyl sites for hydroxylation is 1. The quantitative estimate of drug-likeness (QED) is 0.578. The number of aromatic nitrogens is 2. The van der Waals surface area contributed by atoms with Gasteiger partial charge in [-0.25, -0.2) is 4.98 Å². The molecule has 3 aliphatic heterocycles. The number of halogens is 3. The van der Waals surface area contributed by atoms with Crippen LogP contribution in [-0.2, 0) is 39.8 Å². The lowest BCUT2D eigenvalue weighted by Gasteiger charge is -2.30. The summed E-state index contributed by atoms with van der Waals surface area (Å²) in [6.07, 6.45) is 2.54. The van der Waals surface area contributed by atoms with E-state index in [1.807, 2.05) is 4.90 Å². The van der Waals surface area contributed by atoms with Gasteiger partial charge in [-0.3, -0.25) is 14.6 Å². The first-order valence-corrected chi connectivity index (χ1v) is 14.0. The van der Waals surface area contributed by atoms with Gasteiger partial charge >= 0.3 is 6.18 Å². The topological polar surface area (TPSA) is 82.7 Å². The molecule has 2 saturated heterocycles. The fourth-order valence-electron chi connectivity index (χ4n) is 6.58. The van der Waals surface area contributed by atoms with Crippen LogP contribution in [0.2, 0.25) is 0 Å². The summed E-state index contributed by atoms with van der Waals surface area (Å²) in [6.45, 7) is 4.10. The lowest BCUT2D eigenvalue weighted by Crippen LogP contribution is -2.48. The first-order chi connectivity index (χ1) is 18.8. The highest BCUT2D eigenvalue weighted by Gasteiger charge is 2.41. The Balaban J connectivity index is 1.11. The van der Waals surface area contributed by atoms with Gasteiger partial charge in [0, 0.05) is 45.4 Å². The van der Waals surface area contributed by atoms with Crippen molar-refractivity contribution in [1.82, 2.24) is 25.1 Å². The number of imidazole rings is 1. The minimum absolute atomic E-state index is 0.0641. The van der Waals surface area contributed by atoms with Gasteiger partial charge in [0.05, 0.1) is 42.0 Å². The highest BCUT2D eigenvalue weighted by atomic mass is 19.4. The molecule has 4 heterocycles. The molecule has 4 atom stereocenters. The Kier molecular flexibility index (Phi) is 7.67. The molecule has 0 saturated carbocycles. The number of benzene rings is 1. The molecule has 1 aliphatic carbocycles. The van der Waals surface area contributed by atoms with Crippen molar-refractivity contribution >= 4 is 5.91 Å². The summed E-state index contributed by atoms with van der Waals surface area (Å²) >= 11 is 0. The van der Waals surface area contributed by atoms with Crippen molar-refractivity contribution in [3.8, 4) is 0 Å². The predicted octanol–water partition coefficient (Wildman–Crippen LogP) is 3.23. The van der Waals surface area contributed by atoms with Gasteiger partial charge in [-0.05, 0) is 61.8 Å². The zero-order valence-electron chi connectivity index (χ0n) is 22.0. The second-order valence-corrected chi connectivity index (χ2v) is 11.2. The second-order valence-electron chi connectivity index (χ2n) is 11.2. The minimum atomic E-state index is -4.38. The number of H-pyrrole nitrogens is 1. The molecule has 2 N–H and O–H groups in total. The van der Waals surface area contributed by atoms with Crippen LogP contribution in [0.3, 0.4) is 0 Å². The molecule has 11 heteroatoms. The number of nitrogens with one attached hydrogen (secondary N) is 2. The second kappa shape index (κ2) is 11.2. The summed E-state index contributed by atoms with van der Waals surface area (Å²) in [6, 6.07) is 4.16. The number of ether oxygens (including phenoxy) is 2. The molecule has 2 fully saturated rings. The van der Waals surface area contributed by atoms with Crippen LogP contribution in [0.15, 0.2) is 24.5 Å². The Bertz CT molecular complexity index is 1160. The average Bonchev–Trinajstić information content (AvgIpc) is 3.55. The van der Waals surface area contributed by atoms with E-state index in [4.69, 9.17) is 9.47 Å². The molecule has 1 aromatic carbocycles. The van der Waals surface area contributed by atoms with Crippen LogP contribution in [0.5, 0.6) is 0 Å². The standard InChI is InChI=1S/C28H36F3N5O3/c29-28(30,31)20-4-3-18-7-9-35(13-19(18)12-20)16-26(37)34-23-14-36(21-2-1-10-38-11-8-21)15-25(23)39-24-6-5-22-27(24)33-17-32-22/h3-4,12,17,21,23-25H,1-2,5-11,13-16H2,(H,32,33)(H,34,37)/t21?,23?,24?,25-/m0/s1. The van der Waals surface area contributed by atoms with E-state index in [2.05, 4.69) is 20.2 Å². The lowest BCUT2D eigenvalue weighted by atomic mass is 9.97. The number of nitrogens with zero attached hydrogens (tertiary/aromatic N) is 3. The first-order valence-electron chi connectivity index (χ1n) is 14.0. The maximum atomic E-state index is 13.2. The normalized spacial score (nSPS) is 28.2. The molecule has 0 spiro atoms. The molecule has 39 heavy (non-hydrogen) atoms. The highest BCUT2D eigenvalue weighted by Crippen LogP contribution is 2.35. The third-order valence-electron chi connectivity index (χ3n) is 8.63. The zero-order valence-corrected chi connectivity index (χ0v) is 22.0. The van der Waals surface area contributed by atoms with Gasteiger partial charge in [-0.1, -0.05) is 6.07 Å². The zero-order chi connectivity index (χ0) is 27.0. The van der Waals surface area contributed by atoms with E-state index >= 15 is 0 Å². The third kappa shape index (κ3) is 6.01. The van der Waals surface area contributed by atoms with Gasteiger partial charge in [-0.2, -0.15) is 13.2 Å². The Labute approximate surface area is 226 Å². The Hall–Kier alpha value is -2.47. The molecular formula is C28H36F3N5O3. The van der Waals surface area contributed by atoms with E-state index < -0.39 is 11.7 Å². The van der Waals surface area contributed by atoms with Crippen molar-refractivity contribution in [3.63, 3.8) is 0 Å². The Morgan fingerprint density at radius 3 is 2.92 bits per heavy atom. The van der Waals surface area contributed by atoms with Crippen LogP contribution >= 0.6 is 0 Å². The van der Waals surface area contributed by atoms with E-state index in [1.54, 1.807) is 12.4 Å². The number of alkyl halides is 3. The van der Waals surface area contributed by atoms with Crippen molar-refractivity contribution in [1.29, 1.82) is 0 Å². The number of amides is 1. The van der Waals surface area contributed by atoms with E-state index in [0.717, 1.165) is 74.9 Å². The molecule has 4 aliphatic rings. The van der Waals surface area contributed by atoms with Crippen LogP contribution < -0.4 is 5.32 Å². The first kappa shape index (κ1) is 26.7. The molecule has 8 nitrogen and oxygen atoms in total. The van der Waals surface area contributed by atoms with Gasteiger partial charge in [-0.15, -0.1) is 0 Å².